The van der Waals surface area contributed by atoms with E-state index in [1.54, 1.807) is 32.1 Å². The second-order valence-corrected chi connectivity index (χ2v) is 8.07. The van der Waals surface area contributed by atoms with Gasteiger partial charge in [0, 0.05) is 34.1 Å². The van der Waals surface area contributed by atoms with Crippen molar-refractivity contribution >= 4 is 0 Å². The second kappa shape index (κ2) is 16.5. The van der Waals surface area contributed by atoms with Crippen molar-refractivity contribution in [3.63, 3.8) is 0 Å². The summed E-state index contributed by atoms with van der Waals surface area (Å²) in [5, 5.41) is 0. The molecule has 0 aromatic carbocycles. The van der Waals surface area contributed by atoms with Crippen molar-refractivity contribution in [1.82, 2.24) is 0 Å². The summed E-state index contributed by atoms with van der Waals surface area (Å²) in [4.78, 5) is 0. The zero-order valence-electron chi connectivity index (χ0n) is 15.3. The molecule has 0 aromatic rings. The Hall–Kier alpha value is 1.04. The molecule has 0 unspecified atom stereocenters. The van der Waals surface area contributed by atoms with E-state index in [9.17, 15) is 0 Å². The average molecular weight is 404 g/mol. The Morgan fingerprint density at radius 3 is 0.783 bits per heavy atom. The van der Waals surface area contributed by atoms with Gasteiger partial charge < -0.3 is 0 Å². The molecular weight excluding hydrogens is 364 g/mol. The Balaban J connectivity index is 0.000000342. The third-order valence-corrected chi connectivity index (χ3v) is 6.12. The van der Waals surface area contributed by atoms with Crippen LogP contribution in [0.3, 0.4) is 0 Å². The predicted octanol–water partition coefficient (Wildman–Crippen LogP) is 7.65. The topological polar surface area (TPSA) is 0 Å². The molecule has 0 aromatic heterocycles. The molecule has 4 fully saturated rings. The Morgan fingerprint density at radius 1 is 0.348 bits per heavy atom. The normalized spacial score (nSPS) is 24.0. The van der Waals surface area contributed by atoms with E-state index in [1.807, 2.05) is 0 Å². The maximum atomic E-state index is 1.58. The molecule has 0 radical (unpaired) electrons. The van der Waals surface area contributed by atoms with Crippen LogP contribution in [-0.4, -0.2) is 0 Å². The van der Waals surface area contributed by atoms with Gasteiger partial charge in [0.1, 0.15) is 0 Å². The van der Waals surface area contributed by atoms with E-state index in [1.165, 1.54) is 89.9 Å². The van der Waals surface area contributed by atoms with Gasteiger partial charge in [0.15, 0.2) is 0 Å². The minimum absolute atomic E-state index is 0. The predicted molar refractivity (Wildman–Crippen MR) is 94.7 cm³/mol. The van der Waals surface area contributed by atoms with E-state index in [0.29, 0.717) is 0 Å². The number of rotatable bonds is 2. The fourth-order valence-electron chi connectivity index (χ4n) is 4.73. The number of hydrogen-bond donors (Lipinski definition) is 0. The summed E-state index contributed by atoms with van der Waals surface area (Å²) in [6.45, 7) is 0. The Bertz CT molecular complexity index is 183. The zero-order valence-corrected chi connectivity index (χ0v) is 17.5. The first-order valence-electron chi connectivity index (χ1n) is 10.4. The summed E-state index contributed by atoms with van der Waals surface area (Å²) in [5.41, 5.74) is 0. The quantitative estimate of drug-likeness (QED) is 0.415. The van der Waals surface area contributed by atoms with Gasteiger partial charge in [-0.3, -0.25) is 0 Å². The molecule has 0 saturated heterocycles. The Morgan fingerprint density at radius 2 is 0.565 bits per heavy atom. The fraction of sp³-hybridized carbons (Fsp3) is 1.00. The van der Waals surface area contributed by atoms with Crippen LogP contribution < -0.4 is 0 Å². The molecule has 4 saturated carbocycles. The van der Waals surface area contributed by atoms with Gasteiger partial charge in [-0.05, 0) is 18.3 Å². The molecule has 0 nitrogen and oxygen atoms in total. The van der Waals surface area contributed by atoms with Gasteiger partial charge in [-0.2, -0.15) is 0 Å². The monoisotopic (exact) mass is 404 g/mol. The molecule has 0 spiro atoms. The van der Waals surface area contributed by atoms with Crippen LogP contribution >= 0.6 is 0 Å². The zero-order chi connectivity index (χ0) is 14.6. The molecule has 0 atom stereocenters. The van der Waals surface area contributed by atoms with E-state index >= 15 is 0 Å². The van der Waals surface area contributed by atoms with Gasteiger partial charge >= 0.3 is 0 Å². The van der Waals surface area contributed by atoms with Crippen LogP contribution in [0.25, 0.3) is 0 Å². The smallest absolute Gasteiger partial charge is 0 e. The molecule has 140 valence electrons. The third kappa shape index (κ3) is 12.1. The van der Waals surface area contributed by atoms with Gasteiger partial charge in [0.05, 0.1) is 0 Å². The molecule has 0 heterocycles. The van der Waals surface area contributed by atoms with E-state index < -0.39 is 0 Å². The first-order valence-corrected chi connectivity index (χ1v) is 10.4. The maximum Gasteiger partial charge on any atom is 0 e. The molecule has 2 heteroatoms. The van der Waals surface area contributed by atoms with Gasteiger partial charge in [0.2, 0.25) is 0 Å². The largest absolute Gasteiger partial charge is 0.0533 e. The third-order valence-electron chi connectivity index (χ3n) is 6.12. The van der Waals surface area contributed by atoms with Crippen molar-refractivity contribution in [2.24, 2.45) is 11.8 Å². The van der Waals surface area contributed by atoms with Crippen LogP contribution in [0, 0.1) is 11.8 Å². The van der Waals surface area contributed by atoms with E-state index in [-0.39, 0.29) is 34.1 Å². The SMILES string of the molecule is C1CCC(CC2CCCC2)C1.C1CCCC1.C1CCCC1.[Fe].[Fe]. The van der Waals surface area contributed by atoms with Crippen molar-refractivity contribution in [2.45, 2.75) is 122 Å². The molecule has 0 N–H and O–H groups in total. The molecule has 0 bridgehead atoms. The fourth-order valence-corrected chi connectivity index (χ4v) is 4.73. The van der Waals surface area contributed by atoms with E-state index in [2.05, 4.69) is 0 Å². The van der Waals surface area contributed by atoms with Crippen molar-refractivity contribution in [1.29, 1.82) is 0 Å². The van der Waals surface area contributed by atoms with Crippen LogP contribution in [0.2, 0.25) is 0 Å². The minimum Gasteiger partial charge on any atom is -0.0533 e. The molecule has 4 aliphatic rings. The van der Waals surface area contributed by atoms with Crippen LogP contribution in [0.15, 0.2) is 0 Å². The summed E-state index contributed by atoms with van der Waals surface area (Å²) >= 11 is 0. The minimum atomic E-state index is 0. The average Bonchev–Trinajstić information content (AvgIpc) is 3.30. The molecule has 23 heavy (non-hydrogen) atoms. The molecular formula is C21H40Fe2. The van der Waals surface area contributed by atoms with Crippen LogP contribution in [0.5, 0.6) is 0 Å². The van der Waals surface area contributed by atoms with Crippen LogP contribution in [0.1, 0.15) is 122 Å². The van der Waals surface area contributed by atoms with Gasteiger partial charge in [-0.15, -0.1) is 0 Å². The second-order valence-electron chi connectivity index (χ2n) is 8.07. The maximum absolute atomic E-state index is 1.58. The summed E-state index contributed by atoms with van der Waals surface area (Å²) in [7, 11) is 0. The molecule has 0 amide bonds. The van der Waals surface area contributed by atoms with E-state index in [4.69, 9.17) is 0 Å². The van der Waals surface area contributed by atoms with Crippen molar-refractivity contribution < 1.29 is 34.1 Å². The molecule has 0 aliphatic heterocycles. The van der Waals surface area contributed by atoms with Crippen molar-refractivity contribution in [3.8, 4) is 0 Å². The standard InChI is InChI=1S/C11H20.2C5H10.2Fe/c1-2-6-10(5-1)9-11-7-3-4-8-11;2*1-2-4-5-3-1;;/h10-11H,1-9H2;2*1-5H2;;. The first kappa shape index (κ1) is 24.0. The van der Waals surface area contributed by atoms with Crippen LogP contribution in [0.4, 0.5) is 0 Å². The van der Waals surface area contributed by atoms with Gasteiger partial charge in [-0.1, -0.05) is 116 Å². The summed E-state index contributed by atoms with van der Waals surface area (Å²) < 4.78 is 0. The van der Waals surface area contributed by atoms with Gasteiger partial charge in [0.25, 0.3) is 0 Å². The summed E-state index contributed by atoms with van der Waals surface area (Å²) in [6, 6.07) is 0. The summed E-state index contributed by atoms with van der Waals surface area (Å²) in [6.07, 6.45) is 28.9. The summed E-state index contributed by atoms with van der Waals surface area (Å²) in [5.74, 6) is 2.27. The van der Waals surface area contributed by atoms with E-state index in [0.717, 1.165) is 11.8 Å². The Kier molecular flexibility index (Phi) is 17.2. The first-order chi connectivity index (χ1) is 10.4. The number of hydrogen-bond acceptors (Lipinski definition) is 0. The Labute approximate surface area is 167 Å². The van der Waals surface area contributed by atoms with Crippen molar-refractivity contribution in [3.05, 3.63) is 0 Å². The molecule has 4 rings (SSSR count). The van der Waals surface area contributed by atoms with Crippen molar-refractivity contribution in [2.75, 3.05) is 0 Å². The molecule has 4 aliphatic carbocycles. The van der Waals surface area contributed by atoms with Crippen LogP contribution in [-0.2, 0) is 34.1 Å². The van der Waals surface area contributed by atoms with Gasteiger partial charge in [-0.25, -0.2) is 0 Å².